The van der Waals surface area contributed by atoms with Gasteiger partial charge in [0.1, 0.15) is 6.04 Å². The minimum Gasteiger partial charge on any atom is -0.351 e. The number of rotatable bonds is 8. The number of amides is 3. The lowest BCUT2D eigenvalue weighted by Crippen LogP contribution is -2.49. The molecule has 3 aromatic rings. The Morgan fingerprint density at radius 2 is 1.58 bits per heavy atom. The summed E-state index contributed by atoms with van der Waals surface area (Å²) >= 11 is 1.31. The van der Waals surface area contributed by atoms with Gasteiger partial charge in [0.15, 0.2) is 0 Å². The predicted octanol–water partition coefficient (Wildman–Crippen LogP) is 4.31. The third-order valence-corrected chi connectivity index (χ3v) is 6.64. The van der Waals surface area contributed by atoms with Gasteiger partial charge in [-0.05, 0) is 42.0 Å². The van der Waals surface area contributed by atoms with Gasteiger partial charge in [0.05, 0.1) is 11.4 Å². The summed E-state index contributed by atoms with van der Waals surface area (Å²) in [5.41, 5.74) is 1.32. The van der Waals surface area contributed by atoms with Crippen LogP contribution in [-0.2, 0) is 9.59 Å². The second-order valence-corrected chi connectivity index (χ2v) is 9.01. The largest absolute Gasteiger partial charge is 0.351 e. The summed E-state index contributed by atoms with van der Waals surface area (Å²) in [5, 5.41) is 7.66. The van der Waals surface area contributed by atoms with Crippen molar-refractivity contribution in [2.45, 2.75) is 37.8 Å². The predicted molar refractivity (Wildman–Crippen MR) is 130 cm³/mol. The van der Waals surface area contributed by atoms with Crippen molar-refractivity contribution in [3.05, 3.63) is 88.6 Å². The number of para-hydroxylation sites is 1. The number of hydrogen-bond acceptors (Lipinski definition) is 4. The Morgan fingerprint density at radius 1 is 0.909 bits per heavy atom. The molecular formula is C26H27N3O3S. The SMILES string of the molecule is O=C(NCC(=O)N(c1ccccc1)[C@H](C(=O)NC1CCCC1)c1ccccc1)c1cccs1. The molecule has 1 aromatic heterocycles. The van der Waals surface area contributed by atoms with E-state index in [1.165, 1.54) is 16.2 Å². The van der Waals surface area contributed by atoms with Crippen molar-refractivity contribution in [3.63, 3.8) is 0 Å². The smallest absolute Gasteiger partial charge is 0.261 e. The van der Waals surface area contributed by atoms with E-state index in [0.29, 0.717) is 10.6 Å². The lowest BCUT2D eigenvalue weighted by Gasteiger charge is -2.32. The van der Waals surface area contributed by atoms with E-state index in [0.717, 1.165) is 31.2 Å². The van der Waals surface area contributed by atoms with Crippen molar-refractivity contribution in [1.82, 2.24) is 10.6 Å². The molecule has 1 saturated carbocycles. The van der Waals surface area contributed by atoms with E-state index in [2.05, 4.69) is 10.6 Å². The summed E-state index contributed by atoms with van der Waals surface area (Å²) < 4.78 is 0. The zero-order chi connectivity index (χ0) is 23.0. The molecule has 3 amide bonds. The first kappa shape index (κ1) is 22.7. The molecule has 4 rings (SSSR count). The molecule has 1 atom stereocenters. The fraction of sp³-hybridized carbons (Fsp3) is 0.269. The summed E-state index contributed by atoms with van der Waals surface area (Å²) in [6, 6.07) is 21.2. The molecule has 0 radical (unpaired) electrons. The molecule has 0 unspecified atom stereocenters. The number of carbonyl (C=O) groups excluding carboxylic acids is 3. The number of carbonyl (C=O) groups is 3. The molecule has 0 spiro atoms. The number of benzene rings is 2. The first-order valence-corrected chi connectivity index (χ1v) is 12.1. The van der Waals surface area contributed by atoms with Crippen LogP contribution in [0.15, 0.2) is 78.2 Å². The zero-order valence-electron chi connectivity index (χ0n) is 18.3. The van der Waals surface area contributed by atoms with Gasteiger partial charge in [0.25, 0.3) is 5.91 Å². The van der Waals surface area contributed by atoms with Crippen molar-refractivity contribution < 1.29 is 14.4 Å². The van der Waals surface area contributed by atoms with E-state index < -0.39 is 6.04 Å². The zero-order valence-corrected chi connectivity index (χ0v) is 19.1. The van der Waals surface area contributed by atoms with Gasteiger partial charge in [-0.25, -0.2) is 0 Å². The molecule has 1 heterocycles. The maximum Gasteiger partial charge on any atom is 0.261 e. The topological polar surface area (TPSA) is 78.5 Å². The highest BCUT2D eigenvalue weighted by Gasteiger charge is 2.34. The van der Waals surface area contributed by atoms with Crippen molar-refractivity contribution in [3.8, 4) is 0 Å². The lowest BCUT2D eigenvalue weighted by atomic mass is 10.0. The van der Waals surface area contributed by atoms with Gasteiger partial charge >= 0.3 is 0 Å². The molecule has 2 N–H and O–H groups in total. The van der Waals surface area contributed by atoms with Crippen molar-refractivity contribution in [2.75, 3.05) is 11.4 Å². The number of anilines is 1. The van der Waals surface area contributed by atoms with Crippen LogP contribution in [0.2, 0.25) is 0 Å². The Bertz CT molecular complexity index is 1060. The van der Waals surface area contributed by atoms with Gasteiger partial charge in [0, 0.05) is 11.7 Å². The molecule has 0 aliphatic heterocycles. The van der Waals surface area contributed by atoms with Crippen LogP contribution >= 0.6 is 11.3 Å². The molecule has 0 bridgehead atoms. The van der Waals surface area contributed by atoms with E-state index in [4.69, 9.17) is 0 Å². The summed E-state index contributed by atoms with van der Waals surface area (Å²) in [4.78, 5) is 41.5. The van der Waals surface area contributed by atoms with Gasteiger partial charge < -0.3 is 10.6 Å². The van der Waals surface area contributed by atoms with Crippen molar-refractivity contribution in [1.29, 1.82) is 0 Å². The Hall–Kier alpha value is -3.45. The van der Waals surface area contributed by atoms with E-state index in [-0.39, 0.29) is 30.3 Å². The quantitative estimate of drug-likeness (QED) is 0.525. The van der Waals surface area contributed by atoms with E-state index >= 15 is 0 Å². The Kier molecular flexibility index (Phi) is 7.52. The number of thiophene rings is 1. The highest BCUT2D eigenvalue weighted by molar-refractivity contribution is 7.12. The first-order valence-electron chi connectivity index (χ1n) is 11.2. The fourth-order valence-electron chi connectivity index (χ4n) is 4.16. The van der Waals surface area contributed by atoms with Gasteiger partial charge in [0.2, 0.25) is 11.8 Å². The fourth-order valence-corrected chi connectivity index (χ4v) is 4.80. The van der Waals surface area contributed by atoms with Crippen LogP contribution in [-0.4, -0.2) is 30.3 Å². The molecule has 7 heteroatoms. The summed E-state index contributed by atoms with van der Waals surface area (Å²) in [6.07, 6.45) is 4.08. The van der Waals surface area contributed by atoms with Crippen LogP contribution in [0.25, 0.3) is 0 Å². The number of hydrogen-bond donors (Lipinski definition) is 2. The van der Waals surface area contributed by atoms with Crippen LogP contribution < -0.4 is 15.5 Å². The van der Waals surface area contributed by atoms with Crippen molar-refractivity contribution in [2.24, 2.45) is 0 Å². The Labute approximate surface area is 197 Å². The van der Waals surface area contributed by atoms with E-state index in [1.54, 1.807) is 24.3 Å². The van der Waals surface area contributed by atoms with E-state index in [1.807, 2.05) is 53.9 Å². The third-order valence-electron chi connectivity index (χ3n) is 5.77. The molecule has 33 heavy (non-hydrogen) atoms. The monoisotopic (exact) mass is 461 g/mol. The number of nitrogens with one attached hydrogen (secondary N) is 2. The summed E-state index contributed by atoms with van der Waals surface area (Å²) in [7, 11) is 0. The Morgan fingerprint density at radius 3 is 2.21 bits per heavy atom. The van der Waals surface area contributed by atoms with E-state index in [9.17, 15) is 14.4 Å². The minimum atomic E-state index is -0.847. The van der Waals surface area contributed by atoms with Crippen LogP contribution in [0.4, 0.5) is 5.69 Å². The second-order valence-electron chi connectivity index (χ2n) is 8.06. The maximum absolute atomic E-state index is 13.6. The summed E-state index contributed by atoms with van der Waals surface area (Å²) in [5.74, 6) is -0.880. The van der Waals surface area contributed by atoms with Crippen LogP contribution in [0, 0.1) is 0 Å². The molecule has 1 fully saturated rings. The molecule has 1 aliphatic rings. The highest BCUT2D eigenvalue weighted by atomic mass is 32.1. The lowest BCUT2D eigenvalue weighted by molar-refractivity contribution is -0.126. The molecule has 6 nitrogen and oxygen atoms in total. The van der Waals surface area contributed by atoms with Crippen LogP contribution in [0.3, 0.4) is 0 Å². The highest BCUT2D eigenvalue weighted by Crippen LogP contribution is 2.29. The molecule has 170 valence electrons. The average molecular weight is 462 g/mol. The Balaban J connectivity index is 1.63. The molecule has 2 aromatic carbocycles. The van der Waals surface area contributed by atoms with Gasteiger partial charge in [-0.2, -0.15) is 0 Å². The minimum absolute atomic E-state index is 0.120. The summed E-state index contributed by atoms with van der Waals surface area (Å²) in [6.45, 7) is -0.217. The third kappa shape index (κ3) is 5.68. The molecule has 0 saturated heterocycles. The normalized spacial score (nSPS) is 14.4. The van der Waals surface area contributed by atoms with Gasteiger partial charge in [-0.1, -0.05) is 67.4 Å². The maximum atomic E-state index is 13.6. The van der Waals surface area contributed by atoms with Gasteiger partial charge in [-0.3, -0.25) is 19.3 Å². The average Bonchev–Trinajstić information content (AvgIpc) is 3.56. The molecular weight excluding hydrogens is 434 g/mol. The number of nitrogens with zero attached hydrogens (tertiary/aromatic N) is 1. The first-order chi connectivity index (χ1) is 16.1. The standard InChI is InChI=1S/C26H27N3O3S/c30-23(18-27-25(31)22-16-9-17-33-22)29(21-14-5-2-6-15-21)24(19-10-3-1-4-11-19)26(32)28-20-12-7-8-13-20/h1-6,9-11,14-17,20,24H,7-8,12-13,18H2,(H,27,31)(H,28,32)/t24-/m0/s1. The molecule has 1 aliphatic carbocycles. The van der Waals surface area contributed by atoms with Crippen LogP contribution in [0.5, 0.6) is 0 Å². The van der Waals surface area contributed by atoms with Crippen molar-refractivity contribution >= 4 is 34.7 Å². The van der Waals surface area contributed by atoms with Gasteiger partial charge in [-0.15, -0.1) is 11.3 Å². The van der Waals surface area contributed by atoms with Crippen LogP contribution in [0.1, 0.15) is 47.0 Å². The second kappa shape index (κ2) is 10.9.